The Morgan fingerprint density at radius 1 is 0.862 bits per heavy atom. The largest absolute Gasteiger partial charge is 0.490 e. The molecule has 4 amide bonds. The zero-order chi connectivity index (χ0) is 49.0. The van der Waals surface area contributed by atoms with Gasteiger partial charge in [-0.05, 0) is 55.2 Å². The lowest BCUT2D eigenvalue weighted by molar-refractivity contribution is -0.192. The number of carbonyl (C=O) groups is 5. The number of ether oxygens (including phenoxy) is 2. The van der Waals surface area contributed by atoms with Crippen LogP contribution in [0.1, 0.15) is 85.3 Å². The summed E-state index contributed by atoms with van der Waals surface area (Å²) in [6.45, 7) is 14.3. The van der Waals surface area contributed by atoms with Crippen molar-refractivity contribution in [3.8, 4) is 0 Å². The van der Waals surface area contributed by atoms with Gasteiger partial charge in [-0.2, -0.15) is 24.9 Å². The number of hydrogen-bond acceptors (Lipinski definition) is 9. The molecule has 1 aliphatic rings. The summed E-state index contributed by atoms with van der Waals surface area (Å²) in [5.41, 5.74) is 2.40. The number of carboxylic acid groups (broad SMARTS) is 1. The molecule has 1 heterocycles. The molecule has 0 bridgehead atoms. The smallest absolute Gasteiger partial charge is 0.475 e. The number of aliphatic carboxylic acids is 1. The van der Waals surface area contributed by atoms with E-state index >= 15 is 0 Å². The van der Waals surface area contributed by atoms with Crippen LogP contribution in [0.2, 0.25) is 0 Å². The van der Waals surface area contributed by atoms with Crippen molar-refractivity contribution in [2.24, 2.45) is 23.7 Å². The van der Waals surface area contributed by atoms with Gasteiger partial charge in [0.15, 0.2) is 0 Å². The van der Waals surface area contributed by atoms with Crippen LogP contribution < -0.4 is 16.0 Å². The number of likely N-dealkylation sites (tertiary alicyclic amines) is 1. The third-order valence-corrected chi connectivity index (χ3v) is 13.3. The fraction of sp³-hybridized carbons (Fsp3) is 0.646. The Balaban J connectivity index is 0.00000191. The lowest BCUT2D eigenvalue weighted by Gasteiger charge is -2.41. The second-order valence-corrected chi connectivity index (χ2v) is 18.6. The Labute approximate surface area is 388 Å². The molecular formula is C48H74F3N5O8S. The third kappa shape index (κ3) is 17.9. The zero-order valence-corrected chi connectivity index (χ0v) is 40.8. The number of halogens is 3. The van der Waals surface area contributed by atoms with Gasteiger partial charge in [0.1, 0.15) is 6.04 Å². The first kappa shape index (κ1) is 56.9. The van der Waals surface area contributed by atoms with Gasteiger partial charge in [-0.1, -0.05) is 116 Å². The van der Waals surface area contributed by atoms with E-state index in [1.807, 2.05) is 75.9 Å². The Bertz CT molecular complexity index is 1760. The fourth-order valence-corrected chi connectivity index (χ4v) is 9.36. The van der Waals surface area contributed by atoms with Crippen molar-refractivity contribution in [3.63, 3.8) is 0 Å². The second kappa shape index (κ2) is 28.1. The van der Waals surface area contributed by atoms with Crippen LogP contribution in [0.25, 0.3) is 0 Å². The number of thioether (sulfide) groups is 1. The average Bonchev–Trinajstić information content (AvgIpc) is 3.75. The molecule has 3 rings (SSSR count). The highest BCUT2D eigenvalue weighted by atomic mass is 32.2. The van der Waals surface area contributed by atoms with Crippen molar-refractivity contribution < 1.29 is 51.7 Å². The number of likely N-dealkylation sites (N-methyl/N-ethyl adjacent to an activating group) is 2. The highest BCUT2D eigenvalue weighted by molar-refractivity contribution is 7.98. The molecule has 17 heteroatoms. The molecule has 65 heavy (non-hydrogen) atoms. The Morgan fingerprint density at radius 3 is 1.89 bits per heavy atom. The number of carbonyl (C=O) groups excluding carboxylic acids is 4. The number of nitrogens with one attached hydrogen (secondary N) is 3. The number of methoxy groups -OCH3 is 2. The number of nitrogens with zero attached hydrogens (tertiary/aromatic N) is 2. The quantitative estimate of drug-likeness (QED) is 0.0903. The minimum atomic E-state index is -5.08. The molecule has 1 aliphatic heterocycles. The molecule has 0 radical (unpaired) electrons. The molecule has 0 spiro atoms. The second-order valence-electron chi connectivity index (χ2n) is 17.5. The van der Waals surface area contributed by atoms with E-state index in [9.17, 15) is 32.3 Å². The first-order valence-electron chi connectivity index (χ1n) is 22.5. The highest BCUT2D eigenvalue weighted by Crippen LogP contribution is 2.30. The van der Waals surface area contributed by atoms with E-state index in [2.05, 4.69) is 54.1 Å². The molecule has 0 saturated carbocycles. The van der Waals surface area contributed by atoms with Gasteiger partial charge in [0.2, 0.25) is 23.6 Å². The van der Waals surface area contributed by atoms with Crippen LogP contribution in [0.5, 0.6) is 0 Å². The van der Waals surface area contributed by atoms with E-state index in [1.54, 1.807) is 45.0 Å². The molecule has 1 fully saturated rings. The minimum Gasteiger partial charge on any atom is -0.475 e. The summed E-state index contributed by atoms with van der Waals surface area (Å²) < 4.78 is 43.9. The molecule has 366 valence electrons. The molecule has 4 N–H and O–H groups in total. The summed E-state index contributed by atoms with van der Waals surface area (Å²) in [6, 6.07) is 18.5. The molecule has 0 unspecified atom stereocenters. The van der Waals surface area contributed by atoms with Gasteiger partial charge in [0.25, 0.3) is 0 Å². The zero-order valence-electron chi connectivity index (χ0n) is 40.0. The Kier molecular flexibility index (Phi) is 24.6. The molecule has 1 saturated heterocycles. The maximum atomic E-state index is 14.3. The number of alkyl halides is 3. The minimum absolute atomic E-state index is 0.00422. The predicted octanol–water partition coefficient (Wildman–Crippen LogP) is 6.59. The normalized spacial score (nSPS) is 17.7. The van der Waals surface area contributed by atoms with Crippen LogP contribution in [0.3, 0.4) is 0 Å². The molecule has 9 atom stereocenters. The van der Waals surface area contributed by atoms with Gasteiger partial charge >= 0.3 is 12.1 Å². The van der Waals surface area contributed by atoms with Crippen LogP contribution >= 0.6 is 11.8 Å². The van der Waals surface area contributed by atoms with Crippen molar-refractivity contribution in [1.82, 2.24) is 25.8 Å². The van der Waals surface area contributed by atoms with E-state index in [-0.39, 0.29) is 59.9 Å². The Hall–Kier alpha value is -4.19. The van der Waals surface area contributed by atoms with E-state index in [1.165, 1.54) is 5.56 Å². The Morgan fingerprint density at radius 2 is 1.42 bits per heavy atom. The lowest BCUT2D eigenvalue weighted by atomic mass is 9.89. The van der Waals surface area contributed by atoms with Crippen LogP contribution in [-0.4, -0.2) is 134 Å². The number of hydrogen-bond donors (Lipinski definition) is 4. The maximum absolute atomic E-state index is 14.3. The van der Waals surface area contributed by atoms with Crippen molar-refractivity contribution in [2.45, 2.75) is 135 Å². The third-order valence-electron chi connectivity index (χ3n) is 12.1. The molecule has 0 aromatic heterocycles. The predicted molar refractivity (Wildman–Crippen MR) is 249 cm³/mol. The number of benzene rings is 2. The van der Waals surface area contributed by atoms with E-state index in [4.69, 9.17) is 19.4 Å². The first-order valence-corrected chi connectivity index (χ1v) is 23.6. The van der Waals surface area contributed by atoms with Crippen LogP contribution in [0.15, 0.2) is 60.7 Å². The fourth-order valence-electron chi connectivity index (χ4n) is 8.33. The molecule has 13 nitrogen and oxygen atoms in total. The average molecular weight is 938 g/mol. The summed E-state index contributed by atoms with van der Waals surface area (Å²) in [5, 5.41) is 16.5. The van der Waals surface area contributed by atoms with Crippen molar-refractivity contribution >= 4 is 41.4 Å². The topological polar surface area (TPSA) is 167 Å². The molecular weight excluding hydrogens is 864 g/mol. The van der Waals surface area contributed by atoms with Crippen molar-refractivity contribution in [3.05, 3.63) is 71.8 Å². The summed E-state index contributed by atoms with van der Waals surface area (Å²) in [5.74, 6) is -2.44. The van der Waals surface area contributed by atoms with Crippen molar-refractivity contribution in [1.29, 1.82) is 0 Å². The maximum Gasteiger partial charge on any atom is 0.490 e. The van der Waals surface area contributed by atoms with Gasteiger partial charge < -0.3 is 40.3 Å². The van der Waals surface area contributed by atoms with Gasteiger partial charge in [-0.15, -0.1) is 0 Å². The summed E-state index contributed by atoms with van der Waals surface area (Å²) in [4.78, 5) is 68.3. The molecule has 0 aliphatic carbocycles. The number of carboxylic acids is 1. The summed E-state index contributed by atoms with van der Waals surface area (Å²) >= 11 is 1.80. The van der Waals surface area contributed by atoms with E-state index in [0.717, 1.165) is 29.9 Å². The molecule has 2 aromatic rings. The standard InChI is InChI=1S/C46H73N5O6S.C2HF3O2/c1-12-32(6)42(50(9)46(55)41(31(4)5)49-45(54)40(47-8)30(2)3)38(56-10)27-39(52)51-25-19-24-37(51)43(57-11)33(7)44(53)48-36(26-34-20-15-13-16-21-34)29-58-28-35-22-17-14-18-23-35;3-2(4,5)1(6)7/h13-18,20-23,30-33,36-38,40-43,47H,12,19,24-29H2,1-11H3,(H,48,53)(H,49,54);(H,6,7)/t32-,33+,36-,37-,38+,40-,41-,42-,43+;/m0./s1. The summed E-state index contributed by atoms with van der Waals surface area (Å²) in [6.07, 6.45) is -3.17. The van der Waals surface area contributed by atoms with Crippen LogP contribution in [0, 0.1) is 23.7 Å². The van der Waals surface area contributed by atoms with E-state index < -0.39 is 48.4 Å². The van der Waals surface area contributed by atoms with Crippen LogP contribution in [-0.2, 0) is 45.6 Å². The van der Waals surface area contributed by atoms with Gasteiger partial charge in [0.05, 0.1) is 42.7 Å². The van der Waals surface area contributed by atoms with Gasteiger partial charge in [0, 0.05) is 45.4 Å². The molecule has 2 aromatic carbocycles. The van der Waals surface area contributed by atoms with Crippen molar-refractivity contribution in [2.75, 3.05) is 40.6 Å². The lowest BCUT2D eigenvalue weighted by Crippen LogP contribution is -2.59. The number of rotatable bonds is 24. The monoisotopic (exact) mass is 938 g/mol. The highest BCUT2D eigenvalue weighted by Gasteiger charge is 2.43. The van der Waals surface area contributed by atoms with Gasteiger partial charge in [-0.25, -0.2) is 4.79 Å². The SMILES string of the molecule is CC[C@H](C)[C@@H]([C@@H](CC(=O)N1CCC[C@H]1[C@H](OC)[C@@H](C)C(=O)N[C@H](CSCc1ccccc1)Cc1ccccc1)OC)N(C)C(=O)[C@@H](NC(=O)[C@@H](NC)C(C)C)C(C)C.O=C(O)C(F)(F)F. The van der Waals surface area contributed by atoms with E-state index in [0.29, 0.717) is 19.4 Å². The first-order chi connectivity index (χ1) is 30.6. The van der Waals surface area contributed by atoms with Crippen LogP contribution in [0.4, 0.5) is 13.2 Å². The van der Waals surface area contributed by atoms with Gasteiger partial charge in [-0.3, -0.25) is 19.2 Å². The summed E-state index contributed by atoms with van der Waals surface area (Å²) in [7, 11) is 6.70. The number of amides is 4.